The van der Waals surface area contributed by atoms with E-state index in [1.807, 2.05) is 12.3 Å². The molecule has 3 heterocycles. The fourth-order valence-corrected chi connectivity index (χ4v) is 6.58. The lowest BCUT2D eigenvalue weighted by atomic mass is 9.94. The molecule has 0 unspecified atom stereocenters. The summed E-state index contributed by atoms with van der Waals surface area (Å²) in [5.41, 5.74) is 8.72. The maximum atomic E-state index is 5.32. The Morgan fingerprint density at radius 3 is 1.80 bits per heavy atom. The van der Waals surface area contributed by atoms with Gasteiger partial charge in [0, 0.05) is 33.7 Å². The van der Waals surface area contributed by atoms with E-state index < -0.39 is 0 Å². The zero-order valence-electron chi connectivity index (χ0n) is 24.9. The normalized spacial score (nSPS) is 11.5. The molecule has 214 valence electrons. The lowest BCUT2D eigenvalue weighted by molar-refractivity contribution is 1.26. The topological polar surface area (TPSA) is 38.7 Å². The molecule has 0 aliphatic heterocycles. The zero-order valence-corrected chi connectivity index (χ0v) is 24.9. The number of nitrogens with zero attached hydrogens (tertiary/aromatic N) is 3. The van der Waals surface area contributed by atoms with Crippen LogP contribution >= 0.6 is 0 Å². The van der Waals surface area contributed by atoms with Crippen molar-refractivity contribution in [3.05, 3.63) is 164 Å². The highest BCUT2D eigenvalue weighted by Gasteiger charge is 2.15. The SMILES string of the molecule is c1ccc(-c2ccc(-c3cc(-c4ccc5ccc6ccccc6c5n4)nc(-c4cc5ccccc5c5ccccc45)c3)nc2)cc1. The van der Waals surface area contributed by atoms with Crippen LogP contribution in [-0.4, -0.2) is 15.0 Å². The van der Waals surface area contributed by atoms with E-state index >= 15 is 0 Å². The van der Waals surface area contributed by atoms with Crippen molar-refractivity contribution in [1.82, 2.24) is 15.0 Å². The second kappa shape index (κ2) is 10.8. The minimum absolute atomic E-state index is 0.813. The van der Waals surface area contributed by atoms with Crippen molar-refractivity contribution >= 4 is 43.2 Å². The van der Waals surface area contributed by atoms with Crippen LogP contribution in [0.25, 0.3) is 88.2 Å². The molecule has 0 bridgehead atoms. The number of benzene rings is 6. The van der Waals surface area contributed by atoms with Gasteiger partial charge in [-0.3, -0.25) is 4.98 Å². The Kier molecular flexibility index (Phi) is 6.14. The summed E-state index contributed by atoms with van der Waals surface area (Å²) in [6, 6.07) is 55.3. The molecule has 3 nitrogen and oxygen atoms in total. The number of hydrogen-bond acceptors (Lipinski definition) is 3. The molecule has 0 saturated carbocycles. The summed E-state index contributed by atoms with van der Waals surface area (Å²) in [7, 11) is 0. The molecule has 0 N–H and O–H groups in total. The van der Waals surface area contributed by atoms with Gasteiger partial charge >= 0.3 is 0 Å². The number of aromatic nitrogens is 3. The van der Waals surface area contributed by atoms with Gasteiger partial charge in [-0.2, -0.15) is 0 Å². The number of rotatable bonds is 4. The third kappa shape index (κ3) is 4.49. The first kappa shape index (κ1) is 26.2. The maximum Gasteiger partial charge on any atom is 0.0900 e. The Labute approximate surface area is 266 Å². The molecule has 3 heteroatoms. The van der Waals surface area contributed by atoms with Crippen LogP contribution in [0.4, 0.5) is 0 Å². The minimum atomic E-state index is 0.813. The monoisotopic (exact) mass is 585 g/mol. The molecule has 3 aromatic heterocycles. The van der Waals surface area contributed by atoms with E-state index in [-0.39, 0.29) is 0 Å². The van der Waals surface area contributed by atoms with E-state index in [2.05, 4.69) is 152 Å². The molecule has 0 aliphatic carbocycles. The van der Waals surface area contributed by atoms with Crippen molar-refractivity contribution in [2.24, 2.45) is 0 Å². The van der Waals surface area contributed by atoms with E-state index in [0.29, 0.717) is 0 Å². The number of fused-ring (bicyclic) bond motifs is 6. The number of hydrogen-bond donors (Lipinski definition) is 0. The molecular weight excluding hydrogens is 558 g/mol. The van der Waals surface area contributed by atoms with Gasteiger partial charge in [0.2, 0.25) is 0 Å². The second-order valence-corrected chi connectivity index (χ2v) is 11.7. The van der Waals surface area contributed by atoms with E-state index in [9.17, 15) is 0 Å². The predicted octanol–water partition coefficient (Wildman–Crippen LogP) is 11.2. The van der Waals surface area contributed by atoms with Crippen LogP contribution in [-0.2, 0) is 0 Å². The zero-order chi connectivity index (χ0) is 30.5. The van der Waals surface area contributed by atoms with Gasteiger partial charge in [0.1, 0.15) is 0 Å². The van der Waals surface area contributed by atoms with Crippen molar-refractivity contribution in [3.63, 3.8) is 0 Å². The number of pyridine rings is 3. The summed E-state index contributed by atoms with van der Waals surface area (Å²) in [6.45, 7) is 0. The van der Waals surface area contributed by atoms with E-state index in [1.165, 1.54) is 26.9 Å². The van der Waals surface area contributed by atoms with E-state index in [4.69, 9.17) is 15.0 Å². The molecule has 9 aromatic rings. The summed E-state index contributed by atoms with van der Waals surface area (Å²) in [5, 5.41) is 8.22. The summed E-state index contributed by atoms with van der Waals surface area (Å²) in [4.78, 5) is 15.5. The largest absolute Gasteiger partial charge is 0.256 e. The molecule has 0 spiro atoms. The Morgan fingerprint density at radius 1 is 0.326 bits per heavy atom. The molecule has 0 fully saturated rings. The molecular formula is C43H27N3. The van der Waals surface area contributed by atoms with Gasteiger partial charge in [-0.05, 0) is 62.8 Å². The van der Waals surface area contributed by atoms with Crippen molar-refractivity contribution in [2.45, 2.75) is 0 Å². The first-order chi connectivity index (χ1) is 22.8. The molecule has 0 aliphatic rings. The minimum Gasteiger partial charge on any atom is -0.256 e. The Balaban J connectivity index is 1.28. The van der Waals surface area contributed by atoms with Gasteiger partial charge in [0.25, 0.3) is 0 Å². The predicted molar refractivity (Wildman–Crippen MR) is 192 cm³/mol. The average Bonchev–Trinajstić information content (AvgIpc) is 3.14. The summed E-state index contributed by atoms with van der Waals surface area (Å²) >= 11 is 0. The highest BCUT2D eigenvalue weighted by atomic mass is 14.8. The molecule has 6 aromatic carbocycles. The van der Waals surface area contributed by atoms with Crippen molar-refractivity contribution < 1.29 is 0 Å². The molecule has 0 amide bonds. The first-order valence-corrected chi connectivity index (χ1v) is 15.5. The third-order valence-electron chi connectivity index (χ3n) is 8.88. The summed E-state index contributed by atoms with van der Waals surface area (Å²) < 4.78 is 0. The molecule has 0 saturated heterocycles. The highest BCUT2D eigenvalue weighted by Crippen LogP contribution is 2.37. The van der Waals surface area contributed by atoms with E-state index in [0.717, 1.165) is 61.3 Å². The van der Waals surface area contributed by atoms with Crippen molar-refractivity contribution in [2.75, 3.05) is 0 Å². The quantitative estimate of drug-likeness (QED) is 0.193. The standard InChI is InChI=1S/C43H27N3/c1-2-10-28(11-3-1)32-21-22-39(44-27-32)33-25-41(38-24-31-13-5-6-14-34(31)36-16-8-9-17-37(36)38)45-42(26-33)40-23-20-30-19-18-29-12-4-7-15-35(29)43(30)46-40/h1-27H. The van der Waals surface area contributed by atoms with Gasteiger partial charge in [-0.15, -0.1) is 0 Å². The van der Waals surface area contributed by atoms with Crippen LogP contribution in [0.15, 0.2) is 164 Å². The van der Waals surface area contributed by atoms with Crippen LogP contribution in [0.1, 0.15) is 0 Å². The lowest BCUT2D eigenvalue weighted by Crippen LogP contribution is -1.95. The van der Waals surface area contributed by atoms with Gasteiger partial charge in [0.05, 0.1) is 28.3 Å². The Hall–Kier alpha value is -6.19. The molecule has 46 heavy (non-hydrogen) atoms. The fraction of sp³-hybridized carbons (Fsp3) is 0. The first-order valence-electron chi connectivity index (χ1n) is 15.5. The summed E-state index contributed by atoms with van der Waals surface area (Å²) in [5.74, 6) is 0. The maximum absolute atomic E-state index is 5.32. The highest BCUT2D eigenvalue weighted by molar-refractivity contribution is 6.13. The Morgan fingerprint density at radius 2 is 0.978 bits per heavy atom. The third-order valence-corrected chi connectivity index (χ3v) is 8.88. The van der Waals surface area contributed by atoms with Crippen LogP contribution in [0.3, 0.4) is 0 Å². The molecule has 0 radical (unpaired) electrons. The van der Waals surface area contributed by atoms with Gasteiger partial charge < -0.3 is 0 Å². The Bertz CT molecular complexity index is 2570. The lowest BCUT2D eigenvalue weighted by Gasteiger charge is -2.14. The van der Waals surface area contributed by atoms with Crippen LogP contribution < -0.4 is 0 Å². The van der Waals surface area contributed by atoms with Crippen LogP contribution in [0.2, 0.25) is 0 Å². The van der Waals surface area contributed by atoms with Crippen LogP contribution in [0, 0.1) is 0 Å². The summed E-state index contributed by atoms with van der Waals surface area (Å²) in [6.07, 6.45) is 1.95. The van der Waals surface area contributed by atoms with Gasteiger partial charge in [0.15, 0.2) is 0 Å². The van der Waals surface area contributed by atoms with Crippen molar-refractivity contribution in [1.29, 1.82) is 0 Å². The molecule has 9 rings (SSSR count). The average molecular weight is 586 g/mol. The second-order valence-electron chi connectivity index (χ2n) is 11.7. The fourth-order valence-electron chi connectivity index (χ4n) is 6.58. The van der Waals surface area contributed by atoms with Crippen LogP contribution in [0.5, 0.6) is 0 Å². The van der Waals surface area contributed by atoms with E-state index in [1.54, 1.807) is 0 Å². The van der Waals surface area contributed by atoms with Crippen molar-refractivity contribution in [3.8, 4) is 45.0 Å². The van der Waals surface area contributed by atoms with Gasteiger partial charge in [-0.25, -0.2) is 9.97 Å². The van der Waals surface area contributed by atoms with Gasteiger partial charge in [-0.1, -0.05) is 127 Å². The molecule has 0 atom stereocenters. The smallest absolute Gasteiger partial charge is 0.0900 e.